The van der Waals surface area contributed by atoms with Crippen molar-refractivity contribution in [1.29, 1.82) is 0 Å². The van der Waals surface area contributed by atoms with Crippen LogP contribution in [-0.4, -0.2) is 4.23 Å². The van der Waals surface area contributed by atoms with E-state index >= 15 is 0 Å². The van der Waals surface area contributed by atoms with Gasteiger partial charge in [-0.1, -0.05) is 0 Å². The first-order valence-corrected chi connectivity index (χ1v) is 17.2. The minimum absolute atomic E-state index is 0.361. The molecule has 0 saturated carbocycles. The molecule has 0 spiro atoms. The van der Waals surface area contributed by atoms with Gasteiger partial charge in [-0.05, 0) is 0 Å². The van der Waals surface area contributed by atoms with Gasteiger partial charge in [0.05, 0.1) is 0 Å². The molecule has 0 amide bonds. The van der Waals surface area contributed by atoms with Gasteiger partial charge in [0.2, 0.25) is 0 Å². The van der Waals surface area contributed by atoms with Gasteiger partial charge in [0.15, 0.2) is 0 Å². The minimum atomic E-state index is -2.44. The molecule has 0 radical (unpaired) electrons. The van der Waals surface area contributed by atoms with Crippen molar-refractivity contribution >= 4 is 4.23 Å². The quantitative estimate of drug-likeness (QED) is 0.409. The van der Waals surface area contributed by atoms with Crippen molar-refractivity contribution < 1.29 is 16.7 Å². The molecular weight excluding hydrogens is 421 g/mol. The zero-order chi connectivity index (χ0) is 17.3. The summed E-state index contributed by atoms with van der Waals surface area (Å²) in [5, 5.41) is 0. The Bertz CT molecular complexity index is 324. The van der Waals surface area contributed by atoms with Crippen molar-refractivity contribution in [3.8, 4) is 0 Å². The Hall–Kier alpha value is 0.610. The van der Waals surface area contributed by atoms with Gasteiger partial charge in [-0.3, -0.25) is 0 Å². The van der Waals surface area contributed by atoms with Crippen LogP contribution in [0.4, 0.5) is 0 Å². The van der Waals surface area contributed by atoms with Crippen LogP contribution in [0.3, 0.4) is 0 Å². The average molecular weight is 465 g/mol. The molecule has 0 fully saturated rings. The van der Waals surface area contributed by atoms with E-state index in [1.165, 1.54) is 13.9 Å². The summed E-state index contributed by atoms with van der Waals surface area (Å²) in [5.41, 5.74) is 1.73. The second kappa shape index (κ2) is 6.62. The molecule has 0 aliphatic carbocycles. The van der Waals surface area contributed by atoms with Gasteiger partial charge in [-0.2, -0.15) is 0 Å². The molecule has 0 aliphatic rings. The van der Waals surface area contributed by atoms with Crippen LogP contribution >= 0.6 is 0 Å². The third-order valence-electron chi connectivity index (χ3n) is 3.03. The maximum atomic E-state index is 2.90. The Labute approximate surface area is 139 Å². The van der Waals surface area contributed by atoms with E-state index in [-0.39, 0.29) is 0 Å². The van der Waals surface area contributed by atoms with Gasteiger partial charge in [0, 0.05) is 0 Å². The zero-order valence-corrected chi connectivity index (χ0v) is 20.4. The van der Waals surface area contributed by atoms with E-state index in [4.69, 9.17) is 0 Å². The first kappa shape index (κ1) is 21.6. The molecule has 0 rings (SSSR count). The second-order valence-electron chi connectivity index (χ2n) is 11.9. The topological polar surface area (TPSA) is 0 Å². The third-order valence-corrected chi connectivity index (χ3v) is 24.8. The van der Waals surface area contributed by atoms with Gasteiger partial charge < -0.3 is 0 Å². The van der Waals surface area contributed by atoms with Crippen molar-refractivity contribution in [2.24, 2.45) is 21.7 Å². The second-order valence-corrected chi connectivity index (χ2v) is 25.0. The Balaban J connectivity index is 6.02. The summed E-state index contributed by atoms with van der Waals surface area (Å²) in [7, 11) is 0. The van der Waals surface area contributed by atoms with Crippen LogP contribution in [0.1, 0.15) is 83.1 Å². The van der Waals surface area contributed by atoms with E-state index in [0.29, 0.717) is 21.7 Å². The Morgan fingerprint density at radius 2 is 0.762 bits per heavy atom. The average Bonchev–Trinajstić information content (AvgIpc) is 1.83. The molecule has 0 aromatic rings. The monoisotopic (exact) mass is 464 g/mol. The number of rotatable bonds is 3. The van der Waals surface area contributed by atoms with Crippen LogP contribution in [0, 0.1) is 21.7 Å². The fourth-order valence-electron chi connectivity index (χ4n) is 3.96. The third kappa shape index (κ3) is 11.8. The van der Waals surface area contributed by atoms with Gasteiger partial charge in [-0.15, -0.1) is 0 Å². The molecule has 0 saturated heterocycles. The van der Waals surface area contributed by atoms with E-state index < -0.39 is 16.7 Å². The molecule has 1 heteroatoms. The van der Waals surface area contributed by atoms with Gasteiger partial charge in [0.25, 0.3) is 0 Å². The molecular formula is C20H43Ta. The van der Waals surface area contributed by atoms with Crippen molar-refractivity contribution in [2.45, 2.75) is 97.0 Å². The van der Waals surface area contributed by atoms with E-state index in [9.17, 15) is 0 Å². The number of hydrogen-bond donors (Lipinski definition) is 0. The van der Waals surface area contributed by atoms with Crippen LogP contribution in [-0.2, 0) is 16.7 Å². The zero-order valence-electron chi connectivity index (χ0n) is 17.1. The van der Waals surface area contributed by atoms with E-state index in [1.807, 2.05) is 0 Å². The summed E-state index contributed by atoms with van der Waals surface area (Å²) >= 11 is -2.44. The molecule has 0 aliphatic heterocycles. The summed E-state index contributed by atoms with van der Waals surface area (Å²) in [6.45, 7) is 29.2. The number of hydrogen-bond acceptors (Lipinski definition) is 0. The fraction of sp³-hybridized carbons (Fsp3) is 0.950. The standard InChI is InChI=1S/3C5H11.C5H10.Ta/c4*1-5(2,3)4;/h3*1H2,2-4H3;1H,2-4H3;. The van der Waals surface area contributed by atoms with E-state index in [0.717, 1.165) is 0 Å². The van der Waals surface area contributed by atoms with Crippen molar-refractivity contribution in [1.82, 2.24) is 0 Å². The molecule has 0 aromatic carbocycles. The molecule has 0 unspecified atom stereocenters. The van der Waals surface area contributed by atoms with Crippen LogP contribution < -0.4 is 0 Å². The summed E-state index contributed by atoms with van der Waals surface area (Å²) < 4.78 is 7.35. The molecule has 21 heavy (non-hydrogen) atoms. The van der Waals surface area contributed by atoms with Crippen molar-refractivity contribution in [2.75, 3.05) is 0 Å². The SMILES string of the molecule is CC(C)(C)[CH]=[Ta]([CH2]C(C)(C)C)([CH2]C(C)(C)C)[CH2]C(C)(C)C. The Morgan fingerprint density at radius 1 is 0.524 bits per heavy atom. The predicted octanol–water partition coefficient (Wildman–Crippen LogP) is 7.38. The molecule has 0 nitrogen and oxygen atoms in total. The fourth-order valence-corrected chi connectivity index (χ4v) is 32.4. The predicted molar refractivity (Wildman–Crippen MR) is 98.3 cm³/mol. The van der Waals surface area contributed by atoms with Gasteiger partial charge >= 0.3 is 140 Å². The van der Waals surface area contributed by atoms with Gasteiger partial charge in [-0.25, -0.2) is 0 Å². The Morgan fingerprint density at radius 3 is 0.905 bits per heavy atom. The summed E-state index contributed by atoms with van der Waals surface area (Å²) in [6.07, 6.45) is 0. The Kier molecular flexibility index (Phi) is 6.81. The van der Waals surface area contributed by atoms with E-state index in [2.05, 4.69) is 87.3 Å². The van der Waals surface area contributed by atoms with E-state index in [1.54, 1.807) is 0 Å². The van der Waals surface area contributed by atoms with Crippen LogP contribution in [0.5, 0.6) is 0 Å². The first-order valence-electron chi connectivity index (χ1n) is 8.56. The van der Waals surface area contributed by atoms with Crippen molar-refractivity contribution in [3.63, 3.8) is 0 Å². The normalized spacial score (nSPS) is 15.2. The molecule has 0 atom stereocenters. The maximum absolute atomic E-state index is 2.90. The molecule has 0 bridgehead atoms. The van der Waals surface area contributed by atoms with Crippen LogP contribution in [0.2, 0.25) is 13.9 Å². The molecule has 0 N–H and O–H groups in total. The van der Waals surface area contributed by atoms with Crippen molar-refractivity contribution in [3.05, 3.63) is 0 Å². The van der Waals surface area contributed by atoms with Crippen LogP contribution in [0.15, 0.2) is 0 Å². The summed E-state index contributed by atoms with van der Waals surface area (Å²) in [6, 6.07) is 0. The summed E-state index contributed by atoms with van der Waals surface area (Å²) in [5.74, 6) is 0. The summed E-state index contributed by atoms with van der Waals surface area (Å²) in [4.78, 5) is 0. The first-order chi connectivity index (χ1) is 8.83. The molecule has 0 heterocycles. The van der Waals surface area contributed by atoms with Crippen LogP contribution in [0.25, 0.3) is 0 Å². The molecule has 128 valence electrons. The van der Waals surface area contributed by atoms with Gasteiger partial charge in [0.1, 0.15) is 0 Å². The molecule has 0 aromatic heterocycles.